The van der Waals surface area contributed by atoms with Crippen LogP contribution in [0, 0.1) is 3.57 Å². The van der Waals surface area contributed by atoms with Gasteiger partial charge in [0.05, 0.1) is 10.7 Å². The van der Waals surface area contributed by atoms with Gasteiger partial charge in [0.25, 0.3) is 0 Å². The Morgan fingerprint density at radius 1 is 1.47 bits per heavy atom. The summed E-state index contributed by atoms with van der Waals surface area (Å²) in [6.07, 6.45) is 1.95. The highest BCUT2D eigenvalue weighted by Gasteiger charge is 2.12. The maximum Gasteiger partial charge on any atom is 0.149 e. The van der Waals surface area contributed by atoms with Crippen LogP contribution in [0.3, 0.4) is 0 Å². The van der Waals surface area contributed by atoms with Crippen LogP contribution in [-0.4, -0.2) is 10.2 Å². The molecule has 0 unspecified atom stereocenters. The van der Waals surface area contributed by atoms with Gasteiger partial charge < -0.3 is 5.73 Å². The standard InChI is InChI=1S/C12H13ClIN3/c1-2-3-8-11(16-17-12(8)15)7-4-5-10(14)9(13)6-7/h4-6H,2-3H2,1H3,(H3,15,16,17). The number of halogens is 2. The molecule has 5 heteroatoms. The minimum atomic E-state index is 0.580. The van der Waals surface area contributed by atoms with Crippen LogP contribution in [0.2, 0.25) is 5.02 Å². The van der Waals surface area contributed by atoms with E-state index in [1.54, 1.807) is 0 Å². The van der Waals surface area contributed by atoms with Gasteiger partial charge in [0.1, 0.15) is 5.82 Å². The molecule has 0 aliphatic heterocycles. The van der Waals surface area contributed by atoms with Crippen molar-refractivity contribution in [1.29, 1.82) is 0 Å². The van der Waals surface area contributed by atoms with Crippen molar-refractivity contribution < 1.29 is 0 Å². The number of hydrogen-bond donors (Lipinski definition) is 2. The average Bonchev–Trinajstić information content (AvgIpc) is 2.66. The van der Waals surface area contributed by atoms with Crippen molar-refractivity contribution in [2.24, 2.45) is 0 Å². The first-order chi connectivity index (χ1) is 8.13. The van der Waals surface area contributed by atoms with Crippen LogP contribution >= 0.6 is 34.2 Å². The maximum absolute atomic E-state index is 6.13. The molecular weight excluding hydrogens is 349 g/mol. The molecule has 3 nitrogen and oxygen atoms in total. The van der Waals surface area contributed by atoms with Gasteiger partial charge in [0.15, 0.2) is 0 Å². The molecule has 0 atom stereocenters. The van der Waals surface area contributed by atoms with Crippen molar-refractivity contribution in [2.45, 2.75) is 19.8 Å². The minimum Gasteiger partial charge on any atom is -0.382 e. The molecule has 0 fully saturated rings. The number of nitrogens with one attached hydrogen (secondary N) is 1. The van der Waals surface area contributed by atoms with Crippen LogP contribution in [-0.2, 0) is 6.42 Å². The summed E-state index contributed by atoms with van der Waals surface area (Å²) in [5.41, 5.74) is 8.94. The molecule has 1 aromatic carbocycles. The highest BCUT2D eigenvalue weighted by Crippen LogP contribution is 2.30. The van der Waals surface area contributed by atoms with E-state index in [2.05, 4.69) is 39.7 Å². The van der Waals surface area contributed by atoms with Crippen molar-refractivity contribution in [1.82, 2.24) is 10.2 Å². The highest BCUT2D eigenvalue weighted by atomic mass is 127. The molecule has 0 saturated heterocycles. The second-order valence-electron chi connectivity index (χ2n) is 3.84. The third-order valence-corrected chi connectivity index (χ3v) is 4.18. The Balaban J connectivity index is 2.48. The Labute approximate surface area is 119 Å². The monoisotopic (exact) mass is 361 g/mol. The van der Waals surface area contributed by atoms with Crippen molar-refractivity contribution in [3.8, 4) is 11.3 Å². The number of aromatic nitrogens is 2. The van der Waals surface area contributed by atoms with Crippen LogP contribution < -0.4 is 5.73 Å². The smallest absolute Gasteiger partial charge is 0.149 e. The second kappa shape index (κ2) is 5.27. The van der Waals surface area contributed by atoms with E-state index in [0.29, 0.717) is 5.82 Å². The van der Waals surface area contributed by atoms with Crippen LogP contribution in [0.1, 0.15) is 18.9 Å². The predicted octanol–water partition coefficient (Wildman–Crippen LogP) is 3.87. The minimum absolute atomic E-state index is 0.580. The lowest BCUT2D eigenvalue weighted by molar-refractivity contribution is 0.927. The molecule has 0 radical (unpaired) electrons. The van der Waals surface area contributed by atoms with E-state index in [0.717, 1.165) is 38.3 Å². The fourth-order valence-electron chi connectivity index (χ4n) is 1.77. The summed E-state index contributed by atoms with van der Waals surface area (Å²) in [7, 11) is 0. The van der Waals surface area contributed by atoms with E-state index in [9.17, 15) is 0 Å². The molecule has 1 aromatic heterocycles. The fourth-order valence-corrected chi connectivity index (χ4v) is 2.29. The third kappa shape index (κ3) is 2.57. The molecule has 0 saturated carbocycles. The molecule has 0 bridgehead atoms. The molecule has 90 valence electrons. The normalized spacial score (nSPS) is 10.8. The Kier molecular flexibility index (Phi) is 3.93. The number of anilines is 1. The number of nitrogens with zero attached hydrogens (tertiary/aromatic N) is 1. The van der Waals surface area contributed by atoms with Gasteiger partial charge in [-0.3, -0.25) is 5.10 Å². The number of hydrogen-bond acceptors (Lipinski definition) is 2. The molecule has 17 heavy (non-hydrogen) atoms. The zero-order valence-electron chi connectivity index (χ0n) is 9.43. The molecule has 0 spiro atoms. The Bertz CT molecular complexity index is 537. The van der Waals surface area contributed by atoms with Crippen molar-refractivity contribution in [3.63, 3.8) is 0 Å². The van der Waals surface area contributed by atoms with Crippen molar-refractivity contribution >= 4 is 40.0 Å². The SMILES string of the molecule is CCCc1c(N)n[nH]c1-c1ccc(I)c(Cl)c1. The lowest BCUT2D eigenvalue weighted by Gasteiger charge is -2.04. The molecule has 2 rings (SSSR count). The van der Waals surface area contributed by atoms with E-state index in [-0.39, 0.29) is 0 Å². The number of H-pyrrole nitrogens is 1. The molecule has 3 N–H and O–H groups in total. The van der Waals surface area contributed by atoms with Gasteiger partial charge in [-0.2, -0.15) is 5.10 Å². The molecular formula is C12H13ClIN3. The van der Waals surface area contributed by atoms with Crippen molar-refractivity contribution in [2.75, 3.05) is 5.73 Å². The molecule has 1 heterocycles. The summed E-state index contributed by atoms with van der Waals surface area (Å²) >= 11 is 8.34. The van der Waals surface area contributed by atoms with Crippen molar-refractivity contribution in [3.05, 3.63) is 32.4 Å². The quantitative estimate of drug-likeness (QED) is 0.815. The Morgan fingerprint density at radius 2 is 2.24 bits per heavy atom. The number of aromatic amines is 1. The molecule has 0 amide bonds. The summed E-state index contributed by atoms with van der Waals surface area (Å²) < 4.78 is 1.04. The van der Waals surface area contributed by atoms with Gasteiger partial charge in [0.2, 0.25) is 0 Å². The Morgan fingerprint density at radius 3 is 2.88 bits per heavy atom. The number of rotatable bonds is 3. The predicted molar refractivity (Wildman–Crippen MR) is 80.2 cm³/mol. The molecule has 0 aliphatic rings. The maximum atomic E-state index is 6.13. The zero-order chi connectivity index (χ0) is 12.4. The number of nitrogen functional groups attached to an aromatic ring is 1. The van der Waals surface area contributed by atoms with Gasteiger partial charge in [-0.05, 0) is 41.1 Å². The molecule has 0 aliphatic carbocycles. The molecule has 2 aromatic rings. The largest absolute Gasteiger partial charge is 0.382 e. The van der Waals surface area contributed by atoms with Gasteiger partial charge in [-0.1, -0.05) is 31.0 Å². The van der Waals surface area contributed by atoms with Crippen LogP contribution in [0.4, 0.5) is 5.82 Å². The van der Waals surface area contributed by atoms with Gasteiger partial charge in [-0.15, -0.1) is 0 Å². The fraction of sp³-hybridized carbons (Fsp3) is 0.250. The van der Waals surface area contributed by atoms with E-state index in [1.165, 1.54) is 0 Å². The summed E-state index contributed by atoms with van der Waals surface area (Å²) in [5, 5.41) is 7.81. The Hall–Kier alpha value is -0.750. The van der Waals surface area contributed by atoms with Gasteiger partial charge >= 0.3 is 0 Å². The van der Waals surface area contributed by atoms with Crippen LogP contribution in [0.25, 0.3) is 11.3 Å². The van der Waals surface area contributed by atoms with Crippen LogP contribution in [0.5, 0.6) is 0 Å². The first-order valence-electron chi connectivity index (χ1n) is 5.41. The van der Waals surface area contributed by atoms with E-state index in [4.69, 9.17) is 17.3 Å². The first-order valence-corrected chi connectivity index (χ1v) is 6.87. The van der Waals surface area contributed by atoms with Gasteiger partial charge in [-0.25, -0.2) is 0 Å². The van der Waals surface area contributed by atoms with E-state index in [1.807, 2.05) is 18.2 Å². The highest BCUT2D eigenvalue weighted by molar-refractivity contribution is 14.1. The second-order valence-corrected chi connectivity index (χ2v) is 5.41. The summed E-state index contributed by atoms with van der Waals surface area (Å²) in [6.45, 7) is 2.12. The van der Waals surface area contributed by atoms with E-state index >= 15 is 0 Å². The van der Waals surface area contributed by atoms with E-state index < -0.39 is 0 Å². The topological polar surface area (TPSA) is 54.7 Å². The third-order valence-electron chi connectivity index (χ3n) is 2.61. The summed E-state index contributed by atoms with van der Waals surface area (Å²) in [6, 6.07) is 5.96. The average molecular weight is 362 g/mol. The summed E-state index contributed by atoms with van der Waals surface area (Å²) in [4.78, 5) is 0. The number of benzene rings is 1. The lowest BCUT2D eigenvalue weighted by Crippen LogP contribution is -1.92. The zero-order valence-corrected chi connectivity index (χ0v) is 12.3. The number of nitrogens with two attached hydrogens (primary N) is 1. The van der Waals surface area contributed by atoms with Crippen LogP contribution in [0.15, 0.2) is 18.2 Å². The summed E-state index contributed by atoms with van der Waals surface area (Å²) in [5.74, 6) is 0.580. The van der Waals surface area contributed by atoms with Gasteiger partial charge in [0, 0.05) is 14.7 Å². The lowest BCUT2D eigenvalue weighted by atomic mass is 10.0. The first kappa shape index (κ1) is 12.7.